The minimum Gasteiger partial charge on any atom is -0.478 e. The van der Waals surface area contributed by atoms with Gasteiger partial charge in [-0.3, -0.25) is 0 Å². The average Bonchev–Trinajstić information content (AvgIpc) is 2.67. The molecule has 1 aliphatic rings. The van der Waals surface area contributed by atoms with Crippen LogP contribution in [0.1, 0.15) is 27.9 Å². The van der Waals surface area contributed by atoms with Gasteiger partial charge >= 0.3 is 5.97 Å². The van der Waals surface area contributed by atoms with Crippen LogP contribution >= 0.6 is 0 Å². The van der Waals surface area contributed by atoms with Crippen molar-refractivity contribution in [1.82, 2.24) is 4.72 Å². The molecule has 146 valence electrons. The number of hydrogen-bond donors (Lipinski definition) is 2. The lowest BCUT2D eigenvalue weighted by molar-refractivity contribution is 0.0696. The zero-order valence-electron chi connectivity index (χ0n) is 14.6. The average molecular weight is 405 g/mol. The highest BCUT2D eigenvalue weighted by Gasteiger charge is 2.42. The summed E-state index contributed by atoms with van der Waals surface area (Å²) in [5, 5.41) is 6.29. The molecule has 0 aliphatic heterocycles. The molecule has 1 aliphatic carbocycles. The quantitative estimate of drug-likeness (QED) is 0.768. The lowest BCUT2D eigenvalue weighted by atomic mass is 9.99. The summed E-state index contributed by atoms with van der Waals surface area (Å²) in [5.41, 5.74) is 1.30. The Balaban J connectivity index is 1.74. The van der Waals surface area contributed by atoms with Crippen molar-refractivity contribution in [3.8, 4) is 0 Å². The molecule has 1 unspecified atom stereocenters. The van der Waals surface area contributed by atoms with Gasteiger partial charge in [-0.25, -0.2) is 26.7 Å². The number of allylic oxidation sites excluding steroid dienone is 3. The van der Waals surface area contributed by atoms with Gasteiger partial charge in [-0.1, -0.05) is 42.5 Å². The van der Waals surface area contributed by atoms with E-state index < -0.39 is 33.4 Å². The number of alkyl halides is 1. The Bertz CT molecular complexity index is 1060. The van der Waals surface area contributed by atoms with Crippen LogP contribution in [0.25, 0.3) is 5.57 Å². The fraction of sp³-hybridized carbons (Fsp3) is 0.150. The zero-order chi connectivity index (χ0) is 20.4. The number of aromatic carboxylic acids is 1. The Hall–Kier alpha value is -2.84. The molecule has 2 aromatic carbocycles. The van der Waals surface area contributed by atoms with Crippen LogP contribution in [-0.2, 0) is 16.6 Å². The van der Waals surface area contributed by atoms with Crippen LogP contribution in [0.15, 0.2) is 66.8 Å². The van der Waals surface area contributed by atoms with Crippen LogP contribution in [0, 0.1) is 5.82 Å². The lowest BCUT2D eigenvalue weighted by Gasteiger charge is -2.24. The molecular weight excluding hydrogens is 388 g/mol. The van der Waals surface area contributed by atoms with Gasteiger partial charge in [0.05, 0.1) is 5.56 Å². The molecule has 2 N–H and O–H groups in total. The molecule has 28 heavy (non-hydrogen) atoms. The largest absolute Gasteiger partial charge is 0.478 e. The third kappa shape index (κ3) is 4.18. The number of carboxylic acids is 1. The van der Waals surface area contributed by atoms with Gasteiger partial charge in [0, 0.05) is 13.0 Å². The van der Waals surface area contributed by atoms with Crippen LogP contribution in [0.2, 0.25) is 0 Å². The van der Waals surface area contributed by atoms with E-state index in [0.717, 1.165) is 29.8 Å². The first kappa shape index (κ1) is 19.9. The first-order chi connectivity index (χ1) is 13.2. The summed E-state index contributed by atoms with van der Waals surface area (Å²) in [6.07, 6.45) is 3.50. The molecule has 0 amide bonds. The van der Waals surface area contributed by atoms with Crippen molar-refractivity contribution in [3.63, 3.8) is 0 Å². The Kier molecular flexibility index (Phi) is 5.44. The molecule has 0 bridgehead atoms. The van der Waals surface area contributed by atoms with Gasteiger partial charge in [-0.15, -0.1) is 0 Å². The van der Waals surface area contributed by atoms with E-state index in [-0.39, 0.29) is 17.5 Å². The molecule has 8 heteroatoms. The number of halogens is 2. The van der Waals surface area contributed by atoms with E-state index in [2.05, 4.69) is 4.72 Å². The second kappa shape index (κ2) is 7.65. The highest BCUT2D eigenvalue weighted by molar-refractivity contribution is 7.90. The van der Waals surface area contributed by atoms with Gasteiger partial charge in [-0.05, 0) is 41.0 Å². The van der Waals surface area contributed by atoms with Gasteiger partial charge in [0.2, 0.25) is 5.00 Å². The Labute approximate surface area is 161 Å². The van der Waals surface area contributed by atoms with E-state index in [9.17, 15) is 17.6 Å². The maximum absolute atomic E-state index is 15.1. The monoisotopic (exact) mass is 405 g/mol. The summed E-state index contributed by atoms with van der Waals surface area (Å²) in [5.74, 6) is -2.17. The SMILES string of the molecule is O=C(O)c1cc(F)cc(CNS(=O)(=O)C2(F)C=CC(c3ccccc3)=CC2)c1. The predicted molar refractivity (Wildman–Crippen MR) is 101 cm³/mol. The van der Waals surface area contributed by atoms with Crippen LogP contribution in [0.3, 0.4) is 0 Å². The van der Waals surface area contributed by atoms with Crippen LogP contribution < -0.4 is 4.72 Å². The maximum Gasteiger partial charge on any atom is 0.335 e. The molecule has 0 fully saturated rings. The molecule has 5 nitrogen and oxygen atoms in total. The summed E-state index contributed by atoms with van der Waals surface area (Å²) in [6.45, 7) is -0.435. The third-order valence-corrected chi connectivity index (χ3v) is 6.06. The zero-order valence-corrected chi connectivity index (χ0v) is 15.4. The molecule has 2 aromatic rings. The van der Waals surface area contributed by atoms with E-state index in [4.69, 9.17) is 5.11 Å². The van der Waals surface area contributed by atoms with E-state index in [0.29, 0.717) is 5.57 Å². The smallest absolute Gasteiger partial charge is 0.335 e. The number of hydrogen-bond acceptors (Lipinski definition) is 3. The fourth-order valence-corrected chi connectivity index (χ4v) is 3.96. The molecule has 0 heterocycles. The van der Waals surface area contributed by atoms with Crippen LogP contribution in [0.4, 0.5) is 8.78 Å². The van der Waals surface area contributed by atoms with Crippen molar-refractivity contribution in [2.45, 2.75) is 18.0 Å². The summed E-state index contributed by atoms with van der Waals surface area (Å²) < 4.78 is 55.6. The molecule has 0 saturated heterocycles. The van der Waals surface area contributed by atoms with Crippen molar-refractivity contribution in [2.75, 3.05) is 0 Å². The lowest BCUT2D eigenvalue weighted by Crippen LogP contribution is -2.41. The first-order valence-corrected chi connectivity index (χ1v) is 9.84. The van der Waals surface area contributed by atoms with Gasteiger partial charge < -0.3 is 5.11 Å². The molecular formula is C20H17F2NO4S. The number of sulfonamides is 1. The molecule has 0 saturated carbocycles. The summed E-state index contributed by atoms with van der Waals surface area (Å²) >= 11 is 0. The van der Waals surface area contributed by atoms with E-state index >= 15 is 4.39 Å². The Morgan fingerprint density at radius 3 is 2.50 bits per heavy atom. The molecule has 0 aromatic heterocycles. The molecule has 0 spiro atoms. The first-order valence-electron chi connectivity index (χ1n) is 8.36. The summed E-state index contributed by atoms with van der Waals surface area (Å²) in [7, 11) is -4.45. The summed E-state index contributed by atoms with van der Waals surface area (Å²) in [4.78, 5) is 11.0. The summed E-state index contributed by atoms with van der Waals surface area (Å²) in [6, 6.07) is 12.1. The van der Waals surface area contributed by atoms with Crippen molar-refractivity contribution >= 4 is 21.6 Å². The third-order valence-electron chi connectivity index (χ3n) is 4.34. The highest BCUT2D eigenvalue weighted by atomic mass is 32.2. The normalized spacial score (nSPS) is 19.3. The molecule has 1 atom stereocenters. The van der Waals surface area contributed by atoms with Crippen molar-refractivity contribution < 1.29 is 27.1 Å². The maximum atomic E-state index is 15.1. The Morgan fingerprint density at radius 1 is 1.18 bits per heavy atom. The van der Waals surface area contributed by atoms with Gasteiger partial charge in [-0.2, -0.15) is 0 Å². The number of benzene rings is 2. The van der Waals surface area contributed by atoms with Crippen molar-refractivity contribution in [3.05, 3.63) is 89.3 Å². The van der Waals surface area contributed by atoms with Gasteiger partial charge in [0.1, 0.15) is 5.82 Å². The Morgan fingerprint density at radius 2 is 1.89 bits per heavy atom. The fourth-order valence-electron chi connectivity index (χ4n) is 2.82. The number of rotatable bonds is 6. The van der Waals surface area contributed by atoms with Gasteiger partial charge in [0.25, 0.3) is 10.0 Å². The standard InChI is InChI=1S/C20H17F2NO4S/c21-18-11-14(10-17(12-18)19(24)25)13-23-28(26,27)20(22)8-6-16(7-9-20)15-4-2-1-3-5-15/h1-8,10-12,23H,9,13H2,(H,24,25). The highest BCUT2D eigenvalue weighted by Crippen LogP contribution is 2.33. The number of carboxylic acid groups (broad SMARTS) is 1. The van der Waals surface area contributed by atoms with Crippen molar-refractivity contribution in [2.24, 2.45) is 0 Å². The topological polar surface area (TPSA) is 83.5 Å². The number of nitrogens with one attached hydrogen (secondary N) is 1. The molecule has 0 radical (unpaired) electrons. The minimum atomic E-state index is -4.45. The van der Waals surface area contributed by atoms with E-state index in [1.165, 1.54) is 12.2 Å². The minimum absolute atomic E-state index is 0.0740. The van der Waals surface area contributed by atoms with Crippen LogP contribution in [-0.4, -0.2) is 24.5 Å². The van der Waals surface area contributed by atoms with Crippen molar-refractivity contribution in [1.29, 1.82) is 0 Å². The number of carbonyl (C=O) groups is 1. The van der Waals surface area contributed by atoms with Gasteiger partial charge in [0.15, 0.2) is 0 Å². The van der Waals surface area contributed by atoms with Crippen LogP contribution in [0.5, 0.6) is 0 Å². The van der Waals surface area contributed by atoms with E-state index in [1.807, 2.05) is 30.3 Å². The second-order valence-electron chi connectivity index (χ2n) is 6.33. The van der Waals surface area contributed by atoms with E-state index in [1.54, 1.807) is 0 Å². The predicted octanol–water partition coefficient (Wildman–Crippen LogP) is 3.65. The molecule has 3 rings (SSSR count). The second-order valence-corrected chi connectivity index (χ2v) is 8.30.